The van der Waals surface area contributed by atoms with Crippen molar-refractivity contribution >= 4 is 21.9 Å². The van der Waals surface area contributed by atoms with E-state index < -0.39 is 5.60 Å². The molecule has 0 aliphatic heterocycles. The van der Waals surface area contributed by atoms with Gasteiger partial charge in [0.15, 0.2) is 17.1 Å². The second-order valence-corrected chi connectivity index (χ2v) is 11.1. The van der Waals surface area contributed by atoms with Gasteiger partial charge in [0.2, 0.25) is 5.43 Å². The molecule has 0 unspecified atom stereocenters. The molecule has 0 bridgehead atoms. The first-order valence-electron chi connectivity index (χ1n) is 14.6. The molecule has 6 heteroatoms. The van der Waals surface area contributed by atoms with Crippen LogP contribution in [-0.4, -0.2) is 5.60 Å². The van der Waals surface area contributed by atoms with Crippen molar-refractivity contribution in [2.24, 2.45) is 0 Å². The molecule has 0 saturated carbocycles. The van der Waals surface area contributed by atoms with Crippen LogP contribution in [0, 0.1) is 12.3 Å². The monoisotopic (exact) mass is 596 g/mol. The van der Waals surface area contributed by atoms with Gasteiger partial charge in [-0.3, -0.25) is 4.79 Å². The second-order valence-electron chi connectivity index (χ2n) is 11.1. The van der Waals surface area contributed by atoms with Crippen LogP contribution in [-0.2, 0) is 19.8 Å². The van der Waals surface area contributed by atoms with Crippen LogP contribution in [0.3, 0.4) is 0 Å². The van der Waals surface area contributed by atoms with E-state index in [1.807, 2.05) is 91.0 Å². The van der Waals surface area contributed by atoms with Crippen molar-refractivity contribution in [2.75, 3.05) is 0 Å². The van der Waals surface area contributed by atoms with E-state index in [4.69, 9.17) is 29.8 Å². The van der Waals surface area contributed by atoms with Gasteiger partial charge in [0.1, 0.15) is 47.9 Å². The summed E-state index contributed by atoms with van der Waals surface area (Å²) in [5, 5.41) is 0.602. The zero-order chi connectivity index (χ0) is 31.2. The first-order chi connectivity index (χ1) is 21.9. The summed E-state index contributed by atoms with van der Waals surface area (Å²) in [4.78, 5) is 14.2. The average molecular weight is 597 g/mol. The lowest BCUT2D eigenvalue weighted by Crippen LogP contribution is -2.26. The molecule has 0 saturated heterocycles. The van der Waals surface area contributed by atoms with E-state index in [1.165, 1.54) is 0 Å². The lowest BCUT2D eigenvalue weighted by Gasteiger charge is -2.22. The zero-order valence-electron chi connectivity index (χ0n) is 25.1. The third-order valence-electron chi connectivity index (χ3n) is 7.21. The minimum Gasteiger partial charge on any atom is -0.489 e. The zero-order valence-corrected chi connectivity index (χ0v) is 25.1. The molecule has 5 aromatic carbocycles. The number of hydrogen-bond donors (Lipinski definition) is 0. The number of ether oxygens (including phenoxy) is 4. The highest BCUT2D eigenvalue weighted by atomic mass is 16.5. The van der Waals surface area contributed by atoms with Gasteiger partial charge in [-0.1, -0.05) is 96.9 Å². The molecule has 6 aromatic rings. The van der Waals surface area contributed by atoms with Crippen LogP contribution in [0.1, 0.15) is 30.5 Å². The van der Waals surface area contributed by atoms with E-state index >= 15 is 0 Å². The third-order valence-corrected chi connectivity index (χ3v) is 7.21. The van der Waals surface area contributed by atoms with Gasteiger partial charge >= 0.3 is 0 Å². The van der Waals surface area contributed by atoms with Gasteiger partial charge in [-0.25, -0.2) is 0 Å². The van der Waals surface area contributed by atoms with E-state index in [1.54, 1.807) is 38.1 Å². The van der Waals surface area contributed by atoms with Gasteiger partial charge in [0.05, 0.1) is 5.39 Å². The topological polar surface area (TPSA) is 67.1 Å². The highest BCUT2D eigenvalue weighted by Crippen LogP contribution is 2.38. The lowest BCUT2D eigenvalue weighted by molar-refractivity contribution is 0.161. The largest absolute Gasteiger partial charge is 0.489 e. The number of hydrogen-bond acceptors (Lipinski definition) is 6. The number of fused-ring (bicyclic) bond motifs is 2. The van der Waals surface area contributed by atoms with E-state index in [9.17, 15) is 4.79 Å². The minimum atomic E-state index is -0.954. The molecule has 0 amide bonds. The van der Waals surface area contributed by atoms with Crippen molar-refractivity contribution in [3.8, 4) is 35.3 Å². The Hall–Kier alpha value is -5.67. The Labute approximate surface area is 261 Å². The summed E-state index contributed by atoms with van der Waals surface area (Å²) in [6, 6.07) is 36.1. The highest BCUT2D eigenvalue weighted by Gasteiger charge is 2.23. The normalized spacial score (nSPS) is 11.2. The number of terminal acetylenes is 1. The molecule has 6 nitrogen and oxygen atoms in total. The summed E-state index contributed by atoms with van der Waals surface area (Å²) >= 11 is 0. The van der Waals surface area contributed by atoms with E-state index in [-0.39, 0.29) is 18.6 Å². The maximum atomic E-state index is 14.2. The fourth-order valence-corrected chi connectivity index (χ4v) is 4.83. The second kappa shape index (κ2) is 12.9. The quantitative estimate of drug-likeness (QED) is 0.110. The fourth-order valence-electron chi connectivity index (χ4n) is 4.83. The first-order valence-corrected chi connectivity index (χ1v) is 14.6. The Bertz CT molecular complexity index is 2020. The van der Waals surface area contributed by atoms with Gasteiger partial charge in [-0.15, -0.1) is 6.42 Å². The van der Waals surface area contributed by atoms with Crippen LogP contribution >= 0.6 is 0 Å². The molecular weight excluding hydrogens is 564 g/mol. The van der Waals surface area contributed by atoms with Crippen LogP contribution in [0.5, 0.6) is 23.0 Å². The summed E-state index contributed by atoms with van der Waals surface area (Å²) in [5.74, 6) is 4.23. The fraction of sp³-hybridized carbons (Fsp3) is 0.154. The summed E-state index contributed by atoms with van der Waals surface area (Å²) in [7, 11) is 0. The van der Waals surface area contributed by atoms with Crippen molar-refractivity contribution in [1.82, 2.24) is 0 Å². The molecule has 0 radical (unpaired) electrons. The van der Waals surface area contributed by atoms with Gasteiger partial charge in [-0.2, -0.15) is 0 Å². The predicted octanol–water partition coefficient (Wildman–Crippen LogP) is 8.47. The van der Waals surface area contributed by atoms with E-state index in [0.29, 0.717) is 51.5 Å². The maximum absolute atomic E-state index is 14.2. The van der Waals surface area contributed by atoms with Crippen molar-refractivity contribution in [1.29, 1.82) is 0 Å². The first kappa shape index (κ1) is 29.4. The standard InChI is InChI=1S/C39H32O6/c1-4-39(2,3)45-34-22-31-32(23-33(34)42-25-28-16-10-6-11-17-28)44-36-21-30(41-24-27-14-8-5-9-15-27)20-35(37(36)38(31)40)43-26-29-18-12-7-13-19-29/h1,5-23H,24-26H2,2-3H3. The van der Waals surface area contributed by atoms with Gasteiger partial charge in [0.25, 0.3) is 0 Å². The predicted molar refractivity (Wildman–Crippen MR) is 176 cm³/mol. The van der Waals surface area contributed by atoms with E-state index in [2.05, 4.69) is 5.92 Å². The SMILES string of the molecule is C#CC(C)(C)Oc1cc2c(=O)c3c(OCc4ccccc4)cc(OCc4ccccc4)cc3oc2cc1OCc1ccccc1. The molecular formula is C39H32O6. The maximum Gasteiger partial charge on any atom is 0.204 e. The summed E-state index contributed by atoms with van der Waals surface area (Å²) in [6.45, 7) is 4.42. The smallest absolute Gasteiger partial charge is 0.204 e. The van der Waals surface area contributed by atoms with Crippen LogP contribution < -0.4 is 24.4 Å². The molecule has 0 fully saturated rings. The molecule has 0 N–H and O–H groups in total. The molecule has 1 aromatic heterocycles. The molecule has 0 aliphatic rings. The molecule has 45 heavy (non-hydrogen) atoms. The van der Waals surface area contributed by atoms with Gasteiger partial charge in [0, 0.05) is 18.2 Å². The molecule has 0 spiro atoms. The highest BCUT2D eigenvalue weighted by molar-refractivity contribution is 5.95. The van der Waals surface area contributed by atoms with Crippen LogP contribution in [0.15, 0.2) is 124 Å². The number of rotatable bonds is 11. The molecule has 0 atom stereocenters. The van der Waals surface area contributed by atoms with Crippen molar-refractivity contribution in [2.45, 2.75) is 39.3 Å². The molecule has 1 heterocycles. The number of benzene rings is 5. The Balaban J connectivity index is 1.46. The Morgan fingerprint density at radius 1 is 0.644 bits per heavy atom. The Kier molecular flexibility index (Phi) is 8.43. The molecule has 224 valence electrons. The van der Waals surface area contributed by atoms with Crippen LogP contribution in [0.2, 0.25) is 0 Å². The third kappa shape index (κ3) is 6.95. The van der Waals surface area contributed by atoms with Crippen molar-refractivity contribution < 1.29 is 23.4 Å². The summed E-state index contributed by atoms with van der Waals surface area (Å²) in [5.41, 5.74) is 2.36. The van der Waals surface area contributed by atoms with Gasteiger partial charge < -0.3 is 23.4 Å². The Morgan fingerprint density at radius 3 is 1.73 bits per heavy atom. The molecule has 0 aliphatic carbocycles. The van der Waals surface area contributed by atoms with Crippen LogP contribution in [0.4, 0.5) is 0 Å². The minimum absolute atomic E-state index is 0.256. The van der Waals surface area contributed by atoms with Crippen molar-refractivity contribution in [3.63, 3.8) is 0 Å². The molecule has 6 rings (SSSR count). The lowest BCUT2D eigenvalue weighted by atomic mass is 10.1. The van der Waals surface area contributed by atoms with E-state index in [0.717, 1.165) is 16.7 Å². The average Bonchev–Trinajstić information content (AvgIpc) is 3.07. The van der Waals surface area contributed by atoms with Crippen molar-refractivity contribution in [3.05, 3.63) is 142 Å². The van der Waals surface area contributed by atoms with Gasteiger partial charge in [-0.05, 0) is 36.6 Å². The summed E-state index contributed by atoms with van der Waals surface area (Å²) < 4.78 is 31.1. The van der Waals surface area contributed by atoms with Crippen LogP contribution in [0.25, 0.3) is 21.9 Å². The Morgan fingerprint density at radius 2 is 1.18 bits per heavy atom. The summed E-state index contributed by atoms with van der Waals surface area (Å²) in [6.07, 6.45) is 5.74.